The van der Waals surface area contributed by atoms with Crippen molar-refractivity contribution in [1.29, 1.82) is 0 Å². The van der Waals surface area contributed by atoms with E-state index < -0.39 is 10.0 Å². The summed E-state index contributed by atoms with van der Waals surface area (Å²) >= 11 is 1.20. The van der Waals surface area contributed by atoms with Gasteiger partial charge in [0.25, 0.3) is 10.0 Å². The number of thiophene rings is 1. The number of hydrogen-bond donors (Lipinski definition) is 3. The number of carbonyl (C=O) groups excluding carboxylic acids is 1. The Labute approximate surface area is 198 Å². The first-order valence-corrected chi connectivity index (χ1v) is 13.6. The van der Waals surface area contributed by atoms with Crippen LogP contribution in [-0.2, 0) is 14.8 Å². The maximum atomic E-state index is 13.1. The van der Waals surface area contributed by atoms with Crippen molar-refractivity contribution in [3.63, 3.8) is 0 Å². The lowest BCUT2D eigenvalue weighted by Crippen LogP contribution is -2.45. The minimum absolute atomic E-state index is 0.0114. The topological polar surface area (TPSA) is 120 Å². The van der Waals surface area contributed by atoms with Crippen molar-refractivity contribution in [2.24, 2.45) is 0 Å². The van der Waals surface area contributed by atoms with Crippen LogP contribution in [0.15, 0.2) is 15.7 Å². The number of rotatable bonds is 7. The van der Waals surface area contributed by atoms with Gasteiger partial charge in [-0.25, -0.2) is 18.4 Å². The van der Waals surface area contributed by atoms with Gasteiger partial charge in [-0.1, -0.05) is 12.8 Å². The number of aromatic nitrogens is 2. The predicted molar refractivity (Wildman–Crippen MR) is 132 cm³/mol. The molecule has 2 aromatic heterocycles. The van der Waals surface area contributed by atoms with Crippen molar-refractivity contribution < 1.29 is 13.2 Å². The Balaban J connectivity index is 1.65. The van der Waals surface area contributed by atoms with Crippen molar-refractivity contribution in [1.82, 2.24) is 14.9 Å². The van der Waals surface area contributed by atoms with Gasteiger partial charge in [-0.05, 0) is 26.8 Å². The number of amides is 1. The van der Waals surface area contributed by atoms with E-state index in [0.717, 1.165) is 44.8 Å². The van der Waals surface area contributed by atoms with Crippen molar-refractivity contribution in [2.45, 2.75) is 50.5 Å². The molecule has 2 fully saturated rings. The Kier molecular flexibility index (Phi) is 7.05. The molecule has 1 amide bonds. The Morgan fingerprint density at radius 3 is 2.45 bits per heavy atom. The fourth-order valence-corrected chi connectivity index (χ4v) is 6.51. The molecular weight excluding hydrogens is 462 g/mol. The smallest absolute Gasteiger partial charge is 0.266 e. The minimum atomic E-state index is -3.96. The molecule has 12 heteroatoms. The van der Waals surface area contributed by atoms with E-state index in [-0.39, 0.29) is 22.3 Å². The number of anilines is 4. The number of carbonyl (C=O) groups is 1. The molecule has 1 aliphatic heterocycles. The van der Waals surface area contributed by atoms with Crippen LogP contribution in [0.25, 0.3) is 0 Å². The number of nitrogens with one attached hydrogen (secondary N) is 3. The maximum absolute atomic E-state index is 13.1. The molecule has 3 heterocycles. The first-order chi connectivity index (χ1) is 15.7. The second kappa shape index (κ2) is 9.82. The molecular formula is C21H31N7O3S2. The molecule has 180 valence electrons. The molecule has 33 heavy (non-hydrogen) atoms. The van der Waals surface area contributed by atoms with Gasteiger partial charge in [0, 0.05) is 49.9 Å². The monoisotopic (exact) mass is 493 g/mol. The molecule has 1 saturated carbocycles. The molecule has 2 aliphatic rings. The standard InChI is InChI=1S/C21H31N7O3S2/c1-14-19(26-33(30,31)18-13-32-12-17(18)23-15(2)29)25-20(24-16-6-4-5-7-16)21(22-14)28-10-8-27(3)9-11-28/h12-13,16H,4-11H2,1-3H3,(H,23,29)(H2,24,25,26). The van der Waals surface area contributed by atoms with Gasteiger partial charge in [-0.15, -0.1) is 11.3 Å². The van der Waals surface area contributed by atoms with E-state index in [1.165, 1.54) is 36.5 Å². The van der Waals surface area contributed by atoms with Crippen LogP contribution < -0.4 is 20.3 Å². The van der Waals surface area contributed by atoms with E-state index in [2.05, 4.69) is 32.2 Å². The summed E-state index contributed by atoms with van der Waals surface area (Å²) in [5.41, 5.74) is 0.754. The van der Waals surface area contributed by atoms with Gasteiger partial charge in [-0.3, -0.25) is 9.52 Å². The molecule has 1 saturated heterocycles. The number of nitrogens with zero attached hydrogens (tertiary/aromatic N) is 4. The first-order valence-electron chi connectivity index (χ1n) is 11.2. The van der Waals surface area contributed by atoms with Crippen LogP contribution in [0.4, 0.5) is 23.1 Å². The highest BCUT2D eigenvalue weighted by Gasteiger charge is 2.27. The van der Waals surface area contributed by atoms with Gasteiger partial charge in [0.1, 0.15) is 4.90 Å². The van der Waals surface area contributed by atoms with Crippen LogP contribution in [0.1, 0.15) is 38.3 Å². The molecule has 0 aromatic carbocycles. The van der Waals surface area contributed by atoms with E-state index in [1.54, 1.807) is 12.3 Å². The van der Waals surface area contributed by atoms with Crippen LogP contribution >= 0.6 is 11.3 Å². The molecule has 0 atom stereocenters. The third-order valence-corrected chi connectivity index (χ3v) is 8.28. The summed E-state index contributed by atoms with van der Waals surface area (Å²) in [7, 11) is -1.86. The molecule has 3 N–H and O–H groups in total. The SMILES string of the molecule is CC(=O)Nc1cscc1S(=O)(=O)Nc1nc(NC2CCCC2)c(N2CCN(C)CC2)nc1C. The van der Waals surface area contributed by atoms with E-state index >= 15 is 0 Å². The van der Waals surface area contributed by atoms with Crippen LogP contribution in [-0.4, -0.2) is 68.5 Å². The van der Waals surface area contributed by atoms with Crippen molar-refractivity contribution >= 4 is 50.4 Å². The Morgan fingerprint density at radius 1 is 1.09 bits per heavy atom. The van der Waals surface area contributed by atoms with Crippen molar-refractivity contribution in [3.8, 4) is 0 Å². The van der Waals surface area contributed by atoms with Crippen LogP contribution in [0.5, 0.6) is 0 Å². The summed E-state index contributed by atoms with van der Waals surface area (Å²) < 4.78 is 28.9. The molecule has 1 aliphatic carbocycles. The summed E-state index contributed by atoms with van der Waals surface area (Å²) in [6.07, 6.45) is 4.47. The second-order valence-corrected chi connectivity index (χ2v) is 11.1. The number of aryl methyl sites for hydroxylation is 1. The summed E-state index contributed by atoms with van der Waals surface area (Å²) in [6.45, 7) is 6.64. The molecule has 0 spiro atoms. The van der Waals surface area contributed by atoms with Gasteiger partial charge in [-0.2, -0.15) is 0 Å². The highest BCUT2D eigenvalue weighted by molar-refractivity contribution is 7.93. The van der Waals surface area contributed by atoms with Gasteiger partial charge < -0.3 is 20.4 Å². The average Bonchev–Trinajstić information content (AvgIpc) is 3.43. The van der Waals surface area contributed by atoms with Crippen LogP contribution in [0.2, 0.25) is 0 Å². The summed E-state index contributed by atoms with van der Waals surface area (Å²) in [6, 6.07) is 0.306. The molecule has 4 rings (SSSR count). The zero-order valence-corrected chi connectivity index (χ0v) is 20.9. The third kappa shape index (κ3) is 5.56. The Hall–Kier alpha value is -2.44. The summed E-state index contributed by atoms with van der Waals surface area (Å²) in [5.74, 6) is 1.24. The van der Waals surface area contributed by atoms with E-state index in [0.29, 0.717) is 17.6 Å². The molecule has 2 aromatic rings. The number of sulfonamides is 1. The second-order valence-electron chi connectivity index (χ2n) is 8.68. The lowest BCUT2D eigenvalue weighted by molar-refractivity contribution is -0.114. The van der Waals surface area contributed by atoms with Gasteiger partial charge in [0.2, 0.25) is 5.91 Å². The first kappa shape index (κ1) is 23.7. The third-order valence-electron chi connectivity index (χ3n) is 6.01. The average molecular weight is 494 g/mol. The van der Waals surface area contributed by atoms with Gasteiger partial charge >= 0.3 is 0 Å². The predicted octanol–water partition coefficient (Wildman–Crippen LogP) is 2.71. The highest BCUT2D eigenvalue weighted by atomic mass is 32.2. The van der Waals surface area contributed by atoms with Crippen LogP contribution in [0.3, 0.4) is 0 Å². The Morgan fingerprint density at radius 2 is 1.79 bits per heavy atom. The fourth-order valence-electron chi connectivity index (χ4n) is 4.16. The molecule has 0 bridgehead atoms. The van der Waals surface area contributed by atoms with E-state index in [9.17, 15) is 13.2 Å². The fraction of sp³-hybridized carbons (Fsp3) is 0.571. The Bertz CT molecular complexity index is 1110. The lowest BCUT2D eigenvalue weighted by atomic mass is 10.2. The van der Waals surface area contributed by atoms with E-state index in [4.69, 9.17) is 9.97 Å². The minimum Gasteiger partial charge on any atom is -0.364 e. The lowest BCUT2D eigenvalue weighted by Gasteiger charge is -2.34. The molecule has 0 radical (unpaired) electrons. The normalized spacial score (nSPS) is 17.8. The maximum Gasteiger partial charge on any atom is 0.266 e. The highest BCUT2D eigenvalue weighted by Crippen LogP contribution is 2.32. The summed E-state index contributed by atoms with van der Waals surface area (Å²) in [5, 5.41) is 9.18. The number of piperazine rings is 1. The van der Waals surface area contributed by atoms with Crippen molar-refractivity contribution in [3.05, 3.63) is 16.5 Å². The zero-order valence-electron chi connectivity index (χ0n) is 19.2. The van der Waals surface area contributed by atoms with Crippen LogP contribution in [0, 0.1) is 6.92 Å². The number of likely N-dealkylation sites (N-methyl/N-ethyl adjacent to an activating group) is 1. The quantitative estimate of drug-likeness (QED) is 0.539. The molecule has 0 unspecified atom stereocenters. The van der Waals surface area contributed by atoms with Crippen molar-refractivity contribution in [2.75, 3.05) is 53.5 Å². The number of hydrogen-bond acceptors (Lipinski definition) is 9. The zero-order chi connectivity index (χ0) is 23.6. The van der Waals surface area contributed by atoms with Gasteiger partial charge in [0.05, 0.1) is 11.4 Å². The summed E-state index contributed by atoms with van der Waals surface area (Å²) in [4.78, 5) is 25.5. The van der Waals surface area contributed by atoms with Gasteiger partial charge in [0.15, 0.2) is 17.5 Å². The largest absolute Gasteiger partial charge is 0.364 e. The molecule has 10 nitrogen and oxygen atoms in total. The van der Waals surface area contributed by atoms with E-state index in [1.807, 2.05) is 0 Å².